The number of halogens is 2. The molecule has 0 radical (unpaired) electrons. The van der Waals surface area contributed by atoms with Crippen molar-refractivity contribution in [1.82, 2.24) is 5.43 Å². The van der Waals surface area contributed by atoms with Crippen LogP contribution in [0.25, 0.3) is 0 Å². The van der Waals surface area contributed by atoms with Gasteiger partial charge >= 0.3 is 0 Å². The Hall–Kier alpha value is 0.540. The van der Waals surface area contributed by atoms with E-state index < -0.39 is 0 Å². The normalized spacial score (nSPS) is 15.1. The number of hydrogen-bond acceptors (Lipinski definition) is 4. The Kier molecular flexibility index (Phi) is 6.46. The van der Waals surface area contributed by atoms with Crippen LogP contribution >= 0.6 is 43.2 Å². The summed E-state index contributed by atoms with van der Waals surface area (Å²) in [7, 11) is 1.72. The smallest absolute Gasteiger partial charge is 0.0843 e. The second-order valence-corrected chi connectivity index (χ2v) is 6.93. The molecule has 1 aromatic heterocycles. The van der Waals surface area contributed by atoms with Gasteiger partial charge in [-0.25, -0.2) is 0 Å². The van der Waals surface area contributed by atoms with Gasteiger partial charge in [0.15, 0.2) is 0 Å². The summed E-state index contributed by atoms with van der Waals surface area (Å²) in [6.07, 6.45) is 0.985. The highest BCUT2D eigenvalue weighted by molar-refractivity contribution is 9.13. The second kappa shape index (κ2) is 7.08. The minimum atomic E-state index is 0.169. The molecule has 1 heterocycles. The zero-order valence-electron chi connectivity index (χ0n) is 9.30. The summed E-state index contributed by atoms with van der Waals surface area (Å²) in [5.74, 6) is 6.05. The first-order valence-corrected chi connectivity index (χ1v) is 7.40. The minimum absolute atomic E-state index is 0.169. The number of hydrogen-bond donors (Lipinski definition) is 2. The maximum Gasteiger partial charge on any atom is 0.0843 e. The van der Waals surface area contributed by atoms with Crippen LogP contribution in [0.3, 0.4) is 0 Å². The molecule has 0 spiro atoms. The average Bonchev–Trinajstić information content (AvgIpc) is 2.57. The first-order chi connectivity index (χ1) is 7.60. The Labute approximate surface area is 117 Å². The molecule has 0 fully saturated rings. The average molecular weight is 372 g/mol. The molecule has 3 N–H and O–H groups in total. The van der Waals surface area contributed by atoms with Gasteiger partial charge in [-0.1, -0.05) is 6.92 Å². The van der Waals surface area contributed by atoms with Gasteiger partial charge in [0.1, 0.15) is 0 Å². The molecule has 0 aliphatic carbocycles. The molecule has 92 valence electrons. The molecule has 0 aliphatic rings. The third-order valence-corrected chi connectivity index (χ3v) is 5.84. The Morgan fingerprint density at radius 1 is 1.56 bits per heavy atom. The van der Waals surface area contributed by atoms with E-state index >= 15 is 0 Å². The summed E-state index contributed by atoms with van der Waals surface area (Å²) >= 11 is 8.67. The number of hydrazine groups is 1. The summed E-state index contributed by atoms with van der Waals surface area (Å²) < 4.78 is 7.26. The standard InChI is InChI=1S/C10H16Br2N2OS/c1-6(3-4-15-2)9(14-13)8-5-7(11)10(12)16-8/h5-6,9,14H,3-4,13H2,1-2H3. The van der Waals surface area contributed by atoms with Crippen LogP contribution in [0.5, 0.6) is 0 Å². The minimum Gasteiger partial charge on any atom is -0.385 e. The van der Waals surface area contributed by atoms with Gasteiger partial charge < -0.3 is 4.74 Å². The van der Waals surface area contributed by atoms with Crippen LogP contribution in [0.15, 0.2) is 14.3 Å². The molecule has 0 amide bonds. The molecule has 2 atom stereocenters. The van der Waals surface area contributed by atoms with Gasteiger partial charge in [0, 0.05) is 23.1 Å². The summed E-state index contributed by atoms with van der Waals surface area (Å²) in [6, 6.07) is 2.27. The number of rotatable bonds is 6. The van der Waals surface area contributed by atoms with Crippen LogP contribution in [-0.4, -0.2) is 13.7 Å². The Morgan fingerprint density at radius 2 is 2.25 bits per heavy atom. The van der Waals surface area contributed by atoms with E-state index in [0.29, 0.717) is 5.92 Å². The highest BCUT2D eigenvalue weighted by atomic mass is 79.9. The number of thiophene rings is 1. The SMILES string of the molecule is COCCC(C)C(NN)c1cc(Br)c(Br)s1. The van der Waals surface area contributed by atoms with Crippen LogP contribution in [-0.2, 0) is 4.74 Å². The van der Waals surface area contributed by atoms with Crippen molar-refractivity contribution in [3.8, 4) is 0 Å². The number of ether oxygens (including phenoxy) is 1. The molecule has 3 nitrogen and oxygen atoms in total. The quantitative estimate of drug-likeness (QED) is 0.594. The zero-order valence-corrected chi connectivity index (χ0v) is 13.3. The van der Waals surface area contributed by atoms with Crippen molar-refractivity contribution in [3.63, 3.8) is 0 Å². The van der Waals surface area contributed by atoms with Crippen molar-refractivity contribution >= 4 is 43.2 Å². The summed E-state index contributed by atoms with van der Waals surface area (Å²) in [6.45, 7) is 2.93. The molecule has 1 rings (SSSR count). The molecule has 16 heavy (non-hydrogen) atoms. The largest absolute Gasteiger partial charge is 0.385 e. The molecule has 0 aromatic carbocycles. The van der Waals surface area contributed by atoms with E-state index in [-0.39, 0.29) is 6.04 Å². The van der Waals surface area contributed by atoms with E-state index in [1.807, 2.05) is 0 Å². The lowest BCUT2D eigenvalue weighted by Crippen LogP contribution is -2.32. The van der Waals surface area contributed by atoms with Crippen LogP contribution in [0.4, 0.5) is 0 Å². The number of methoxy groups -OCH3 is 1. The fraction of sp³-hybridized carbons (Fsp3) is 0.600. The van der Waals surface area contributed by atoms with E-state index in [1.165, 1.54) is 4.88 Å². The summed E-state index contributed by atoms with van der Waals surface area (Å²) in [4.78, 5) is 1.23. The Bertz CT molecular complexity index is 313. The van der Waals surface area contributed by atoms with Gasteiger partial charge in [-0.05, 0) is 50.3 Å². The predicted molar refractivity (Wildman–Crippen MR) is 75.4 cm³/mol. The summed E-state index contributed by atoms with van der Waals surface area (Å²) in [5.41, 5.74) is 2.88. The van der Waals surface area contributed by atoms with Crippen LogP contribution < -0.4 is 11.3 Å². The third-order valence-electron chi connectivity index (χ3n) is 2.50. The lowest BCUT2D eigenvalue weighted by molar-refractivity contribution is 0.170. The molecule has 6 heteroatoms. The summed E-state index contributed by atoms with van der Waals surface area (Å²) in [5, 5.41) is 0. The molecule has 2 unspecified atom stereocenters. The van der Waals surface area contributed by atoms with Gasteiger partial charge in [-0.3, -0.25) is 11.3 Å². The van der Waals surface area contributed by atoms with Crippen molar-refractivity contribution in [2.75, 3.05) is 13.7 Å². The van der Waals surface area contributed by atoms with E-state index in [9.17, 15) is 0 Å². The van der Waals surface area contributed by atoms with Crippen molar-refractivity contribution in [1.29, 1.82) is 0 Å². The fourth-order valence-electron chi connectivity index (χ4n) is 1.51. The van der Waals surface area contributed by atoms with E-state index in [1.54, 1.807) is 18.4 Å². The van der Waals surface area contributed by atoms with Crippen LogP contribution in [0.1, 0.15) is 24.3 Å². The monoisotopic (exact) mass is 370 g/mol. The Balaban J connectivity index is 2.73. The van der Waals surface area contributed by atoms with E-state index in [2.05, 4.69) is 50.3 Å². The second-order valence-electron chi connectivity index (χ2n) is 3.67. The van der Waals surface area contributed by atoms with Crippen molar-refractivity contribution in [3.05, 3.63) is 19.2 Å². The Morgan fingerprint density at radius 3 is 2.69 bits per heavy atom. The van der Waals surface area contributed by atoms with Gasteiger partial charge in [0.2, 0.25) is 0 Å². The maximum absolute atomic E-state index is 5.62. The lowest BCUT2D eigenvalue weighted by Gasteiger charge is -2.21. The van der Waals surface area contributed by atoms with Crippen molar-refractivity contribution in [2.24, 2.45) is 11.8 Å². The number of nitrogens with two attached hydrogens (primary N) is 1. The van der Waals surface area contributed by atoms with Gasteiger partial charge in [0.05, 0.1) is 9.83 Å². The van der Waals surface area contributed by atoms with Gasteiger partial charge in [-0.15, -0.1) is 11.3 Å². The molecular weight excluding hydrogens is 356 g/mol. The van der Waals surface area contributed by atoms with Gasteiger partial charge in [-0.2, -0.15) is 0 Å². The molecule has 1 aromatic rings. The first-order valence-electron chi connectivity index (χ1n) is 5.00. The number of nitrogens with one attached hydrogen (secondary N) is 1. The molecule has 0 bridgehead atoms. The van der Waals surface area contributed by atoms with E-state index in [0.717, 1.165) is 21.3 Å². The third kappa shape index (κ3) is 3.78. The molecule has 0 aliphatic heterocycles. The van der Waals surface area contributed by atoms with Crippen molar-refractivity contribution < 1.29 is 4.74 Å². The molecular formula is C10H16Br2N2OS. The molecule has 0 saturated heterocycles. The lowest BCUT2D eigenvalue weighted by atomic mass is 9.98. The maximum atomic E-state index is 5.62. The highest BCUT2D eigenvalue weighted by Crippen LogP contribution is 2.37. The highest BCUT2D eigenvalue weighted by Gasteiger charge is 2.20. The van der Waals surface area contributed by atoms with Crippen LogP contribution in [0.2, 0.25) is 0 Å². The predicted octanol–water partition coefficient (Wildman–Crippen LogP) is 3.45. The van der Waals surface area contributed by atoms with Crippen molar-refractivity contribution in [2.45, 2.75) is 19.4 Å². The van der Waals surface area contributed by atoms with Gasteiger partial charge in [0.25, 0.3) is 0 Å². The topological polar surface area (TPSA) is 47.3 Å². The first kappa shape index (κ1) is 14.6. The van der Waals surface area contributed by atoms with Crippen LogP contribution in [0, 0.1) is 5.92 Å². The van der Waals surface area contributed by atoms with E-state index in [4.69, 9.17) is 10.6 Å². The fourth-order valence-corrected chi connectivity index (χ4v) is 3.80. The molecule has 0 saturated carbocycles. The zero-order chi connectivity index (χ0) is 12.1.